The number of hydrogen-bond donors (Lipinski definition) is 1. The fourth-order valence-corrected chi connectivity index (χ4v) is 1.84. The maximum absolute atomic E-state index is 11.2. The number of hydrogen-bond acceptors (Lipinski definition) is 3. The molecule has 1 aliphatic heterocycles. The molecule has 1 aliphatic rings. The van der Waals surface area contributed by atoms with Gasteiger partial charge in [0.1, 0.15) is 0 Å². The van der Waals surface area contributed by atoms with Gasteiger partial charge in [0.15, 0.2) is 0 Å². The summed E-state index contributed by atoms with van der Waals surface area (Å²) in [6.45, 7) is 5.46. The van der Waals surface area contributed by atoms with Crippen molar-refractivity contribution in [2.24, 2.45) is 11.1 Å². The molecule has 2 unspecified atom stereocenters. The molecule has 0 spiro atoms. The summed E-state index contributed by atoms with van der Waals surface area (Å²) < 4.78 is 0. The molecule has 4 nitrogen and oxygen atoms in total. The van der Waals surface area contributed by atoms with Gasteiger partial charge in [-0.1, -0.05) is 0 Å². The van der Waals surface area contributed by atoms with E-state index in [0.717, 1.165) is 13.0 Å². The summed E-state index contributed by atoms with van der Waals surface area (Å²) in [6.07, 6.45) is 1.31. The van der Waals surface area contributed by atoms with Crippen molar-refractivity contribution in [3.8, 4) is 6.07 Å². The van der Waals surface area contributed by atoms with Gasteiger partial charge in [0, 0.05) is 12.6 Å². The Kier molecular flexibility index (Phi) is 3.12. The van der Waals surface area contributed by atoms with E-state index in [0.29, 0.717) is 13.0 Å². The number of amides is 1. The summed E-state index contributed by atoms with van der Waals surface area (Å²) in [5.41, 5.74) is 4.94. The largest absolute Gasteiger partial charge is 0.369 e. The first-order chi connectivity index (χ1) is 6.49. The Morgan fingerprint density at radius 2 is 2.43 bits per heavy atom. The van der Waals surface area contributed by atoms with Gasteiger partial charge in [-0.15, -0.1) is 0 Å². The molecule has 0 aromatic carbocycles. The molecule has 1 saturated heterocycles. The Morgan fingerprint density at radius 1 is 1.79 bits per heavy atom. The molecule has 0 aromatic rings. The lowest BCUT2D eigenvalue weighted by atomic mass is 9.89. The van der Waals surface area contributed by atoms with Gasteiger partial charge in [-0.2, -0.15) is 5.26 Å². The number of nitrogens with zero attached hydrogens (tertiary/aromatic N) is 2. The molecule has 2 atom stereocenters. The predicted octanol–water partition coefficient (Wildman–Crippen LogP) is 0.486. The zero-order valence-electron chi connectivity index (χ0n) is 8.79. The van der Waals surface area contributed by atoms with Gasteiger partial charge < -0.3 is 5.73 Å². The second-order valence-corrected chi connectivity index (χ2v) is 4.36. The predicted molar refractivity (Wildman–Crippen MR) is 53.2 cm³/mol. The SMILES string of the molecule is CC(CC#N)N1CCC(C)(C(N)=O)C1. The smallest absolute Gasteiger partial charge is 0.224 e. The number of likely N-dealkylation sites (tertiary alicyclic amines) is 1. The number of rotatable bonds is 3. The van der Waals surface area contributed by atoms with Crippen LogP contribution in [-0.4, -0.2) is 29.9 Å². The quantitative estimate of drug-likeness (QED) is 0.712. The highest BCUT2D eigenvalue weighted by Crippen LogP contribution is 2.30. The van der Waals surface area contributed by atoms with E-state index in [2.05, 4.69) is 11.0 Å². The number of carbonyl (C=O) groups is 1. The van der Waals surface area contributed by atoms with Crippen LogP contribution in [0.3, 0.4) is 0 Å². The molecule has 2 N–H and O–H groups in total. The third kappa shape index (κ3) is 2.05. The second-order valence-electron chi connectivity index (χ2n) is 4.36. The average molecular weight is 195 g/mol. The van der Waals surface area contributed by atoms with Gasteiger partial charge in [-0.05, 0) is 26.8 Å². The van der Waals surface area contributed by atoms with Gasteiger partial charge >= 0.3 is 0 Å². The third-order valence-corrected chi connectivity index (χ3v) is 3.11. The zero-order chi connectivity index (χ0) is 10.8. The first-order valence-corrected chi connectivity index (χ1v) is 4.90. The minimum Gasteiger partial charge on any atom is -0.369 e. The van der Waals surface area contributed by atoms with Crippen LogP contribution in [0.5, 0.6) is 0 Å². The van der Waals surface area contributed by atoms with Gasteiger partial charge in [0.25, 0.3) is 0 Å². The number of carbonyl (C=O) groups excluding carboxylic acids is 1. The van der Waals surface area contributed by atoms with Crippen molar-refractivity contribution >= 4 is 5.91 Å². The Balaban J connectivity index is 2.57. The number of primary amides is 1. The van der Waals surface area contributed by atoms with Crippen molar-refractivity contribution in [3.05, 3.63) is 0 Å². The lowest BCUT2D eigenvalue weighted by molar-refractivity contribution is -0.126. The van der Waals surface area contributed by atoms with Crippen molar-refractivity contribution in [1.82, 2.24) is 4.90 Å². The minimum absolute atomic E-state index is 0.223. The fourth-order valence-electron chi connectivity index (χ4n) is 1.84. The van der Waals surface area contributed by atoms with Gasteiger partial charge in [0.2, 0.25) is 5.91 Å². The van der Waals surface area contributed by atoms with E-state index < -0.39 is 5.41 Å². The van der Waals surface area contributed by atoms with Crippen LogP contribution in [0.4, 0.5) is 0 Å². The van der Waals surface area contributed by atoms with Crippen molar-refractivity contribution in [2.45, 2.75) is 32.7 Å². The monoisotopic (exact) mass is 195 g/mol. The molecular weight excluding hydrogens is 178 g/mol. The van der Waals surface area contributed by atoms with Crippen molar-refractivity contribution in [3.63, 3.8) is 0 Å². The van der Waals surface area contributed by atoms with E-state index in [-0.39, 0.29) is 11.9 Å². The highest BCUT2D eigenvalue weighted by Gasteiger charge is 2.39. The van der Waals surface area contributed by atoms with E-state index in [1.165, 1.54) is 0 Å². The molecule has 1 fully saturated rings. The lowest BCUT2D eigenvalue weighted by Gasteiger charge is -2.24. The topological polar surface area (TPSA) is 70.1 Å². The van der Waals surface area contributed by atoms with Gasteiger partial charge in [0.05, 0.1) is 17.9 Å². The molecule has 0 bridgehead atoms. The zero-order valence-corrected chi connectivity index (χ0v) is 8.79. The molecule has 0 saturated carbocycles. The fraction of sp³-hybridized carbons (Fsp3) is 0.800. The van der Waals surface area contributed by atoms with Gasteiger partial charge in [-0.25, -0.2) is 0 Å². The van der Waals surface area contributed by atoms with Crippen molar-refractivity contribution < 1.29 is 4.79 Å². The van der Waals surface area contributed by atoms with Crippen LogP contribution in [0, 0.1) is 16.7 Å². The number of nitriles is 1. The van der Waals surface area contributed by atoms with Crippen LogP contribution in [0.25, 0.3) is 0 Å². The standard InChI is InChI=1S/C10H17N3O/c1-8(3-5-11)13-6-4-10(2,7-13)9(12)14/h8H,3-4,6-7H2,1-2H3,(H2,12,14). The van der Waals surface area contributed by atoms with E-state index in [1.807, 2.05) is 13.8 Å². The van der Waals surface area contributed by atoms with Crippen LogP contribution >= 0.6 is 0 Å². The highest BCUT2D eigenvalue weighted by molar-refractivity contribution is 5.81. The van der Waals surface area contributed by atoms with Crippen LogP contribution < -0.4 is 5.73 Å². The summed E-state index contributed by atoms with van der Waals surface area (Å²) in [7, 11) is 0. The molecule has 1 heterocycles. The molecule has 0 aromatic heterocycles. The second kappa shape index (κ2) is 3.97. The minimum atomic E-state index is -0.399. The van der Waals surface area contributed by atoms with E-state index in [1.54, 1.807) is 0 Å². The first kappa shape index (κ1) is 11.0. The number of nitrogens with two attached hydrogens (primary N) is 1. The summed E-state index contributed by atoms with van der Waals surface area (Å²) in [6, 6.07) is 2.37. The molecule has 78 valence electrons. The maximum atomic E-state index is 11.2. The molecule has 0 aliphatic carbocycles. The highest BCUT2D eigenvalue weighted by atomic mass is 16.1. The van der Waals surface area contributed by atoms with Crippen LogP contribution in [-0.2, 0) is 4.79 Å². The Hall–Kier alpha value is -1.08. The van der Waals surface area contributed by atoms with Gasteiger partial charge in [-0.3, -0.25) is 9.69 Å². The molecule has 1 rings (SSSR count). The lowest BCUT2D eigenvalue weighted by Crippen LogP contribution is -2.39. The molecular formula is C10H17N3O. The summed E-state index contributed by atoms with van der Waals surface area (Å²) in [4.78, 5) is 13.3. The van der Waals surface area contributed by atoms with E-state index in [4.69, 9.17) is 11.0 Å². The van der Waals surface area contributed by atoms with Crippen LogP contribution in [0.15, 0.2) is 0 Å². The normalized spacial score (nSPS) is 29.8. The molecule has 1 amide bonds. The Morgan fingerprint density at radius 3 is 2.86 bits per heavy atom. The van der Waals surface area contributed by atoms with E-state index in [9.17, 15) is 4.79 Å². The molecule has 14 heavy (non-hydrogen) atoms. The first-order valence-electron chi connectivity index (χ1n) is 4.90. The van der Waals surface area contributed by atoms with Crippen LogP contribution in [0.1, 0.15) is 26.7 Å². The Labute approximate surface area is 84.7 Å². The van der Waals surface area contributed by atoms with Crippen LogP contribution in [0.2, 0.25) is 0 Å². The summed E-state index contributed by atoms with van der Waals surface area (Å²) >= 11 is 0. The summed E-state index contributed by atoms with van der Waals surface area (Å²) in [5, 5.41) is 8.57. The maximum Gasteiger partial charge on any atom is 0.224 e. The molecule has 4 heteroatoms. The van der Waals surface area contributed by atoms with E-state index >= 15 is 0 Å². The van der Waals surface area contributed by atoms with Crippen molar-refractivity contribution in [1.29, 1.82) is 5.26 Å². The molecule has 0 radical (unpaired) electrons. The van der Waals surface area contributed by atoms with Crippen molar-refractivity contribution in [2.75, 3.05) is 13.1 Å². The Bertz CT molecular complexity index is 271. The summed E-state index contributed by atoms with van der Waals surface area (Å²) in [5.74, 6) is -0.232. The third-order valence-electron chi connectivity index (χ3n) is 3.11. The average Bonchev–Trinajstić information content (AvgIpc) is 2.50.